The van der Waals surface area contributed by atoms with E-state index in [0.29, 0.717) is 24.5 Å². The second-order valence-corrected chi connectivity index (χ2v) is 6.33. The summed E-state index contributed by atoms with van der Waals surface area (Å²) in [7, 11) is 0. The van der Waals surface area contributed by atoms with Crippen molar-refractivity contribution in [2.24, 2.45) is 0 Å². The van der Waals surface area contributed by atoms with Gasteiger partial charge in [-0.05, 0) is 63.6 Å². The van der Waals surface area contributed by atoms with E-state index in [1.807, 2.05) is 51.1 Å². The van der Waals surface area contributed by atoms with E-state index in [1.54, 1.807) is 13.1 Å². The largest absolute Gasteiger partial charge is 0.494 e. The highest BCUT2D eigenvalue weighted by atomic mass is 16.5. The Bertz CT molecular complexity index is 965. The van der Waals surface area contributed by atoms with Gasteiger partial charge in [0.15, 0.2) is 0 Å². The number of ether oxygens (including phenoxy) is 2. The molecular weight excluding hydrogens is 340 g/mol. The van der Waals surface area contributed by atoms with Crippen molar-refractivity contribution in [2.75, 3.05) is 18.5 Å². The lowest BCUT2D eigenvalue weighted by molar-refractivity contribution is 0.0527. The molecule has 0 radical (unpaired) electrons. The molecule has 0 aliphatic heterocycles. The van der Waals surface area contributed by atoms with Gasteiger partial charge in [-0.1, -0.05) is 11.6 Å². The van der Waals surface area contributed by atoms with Crippen LogP contribution in [-0.2, 0) is 4.74 Å². The van der Waals surface area contributed by atoms with Crippen molar-refractivity contribution in [3.8, 4) is 5.75 Å². The number of anilines is 2. The van der Waals surface area contributed by atoms with Gasteiger partial charge in [0, 0.05) is 17.3 Å². The fraction of sp³-hybridized carbons (Fsp3) is 0.273. The minimum atomic E-state index is -0.389. The molecular formula is C22H24N2O3. The number of hydrogen-bond acceptors (Lipinski definition) is 5. The molecule has 0 amide bonds. The number of nitrogens with one attached hydrogen (secondary N) is 1. The number of benzene rings is 2. The maximum atomic E-state index is 12.5. The minimum absolute atomic E-state index is 0.312. The standard InChI is InChI=1S/C22H24N2O3/c1-5-26-17-9-7-16(8-10-17)24-21-18-12-14(3)11-15(4)20(18)23-13-19(21)22(25)27-6-2/h7-13H,5-6H2,1-4H3,(H,23,24). The van der Waals surface area contributed by atoms with Gasteiger partial charge in [0.1, 0.15) is 11.3 Å². The molecule has 0 unspecified atom stereocenters. The first-order valence-corrected chi connectivity index (χ1v) is 9.10. The van der Waals surface area contributed by atoms with Gasteiger partial charge in [-0.2, -0.15) is 0 Å². The van der Waals surface area contributed by atoms with Gasteiger partial charge in [0.2, 0.25) is 0 Å². The zero-order chi connectivity index (χ0) is 19.4. The molecule has 2 aromatic carbocycles. The highest BCUT2D eigenvalue weighted by molar-refractivity contribution is 6.06. The van der Waals surface area contributed by atoms with Crippen LogP contribution in [0.25, 0.3) is 10.9 Å². The lowest BCUT2D eigenvalue weighted by atomic mass is 10.0. The SMILES string of the molecule is CCOC(=O)c1cnc2c(C)cc(C)cc2c1Nc1ccc(OCC)cc1. The fourth-order valence-corrected chi connectivity index (χ4v) is 3.10. The Balaban J connectivity index is 2.11. The predicted octanol–water partition coefficient (Wildman–Crippen LogP) is 5.17. The number of esters is 1. The monoisotopic (exact) mass is 364 g/mol. The lowest BCUT2D eigenvalue weighted by Gasteiger charge is -2.16. The van der Waals surface area contributed by atoms with Gasteiger partial charge in [-0.3, -0.25) is 4.98 Å². The molecule has 140 valence electrons. The molecule has 0 saturated carbocycles. The first-order chi connectivity index (χ1) is 13.0. The first-order valence-electron chi connectivity index (χ1n) is 9.10. The number of carbonyl (C=O) groups excluding carboxylic acids is 1. The van der Waals surface area contributed by atoms with Gasteiger partial charge in [-0.15, -0.1) is 0 Å². The van der Waals surface area contributed by atoms with Crippen molar-refractivity contribution < 1.29 is 14.3 Å². The van der Waals surface area contributed by atoms with Crippen LogP contribution in [0.15, 0.2) is 42.6 Å². The molecule has 0 spiro atoms. The van der Waals surface area contributed by atoms with Crippen molar-refractivity contribution in [3.05, 3.63) is 59.3 Å². The van der Waals surface area contributed by atoms with E-state index in [0.717, 1.165) is 33.5 Å². The van der Waals surface area contributed by atoms with Gasteiger partial charge < -0.3 is 14.8 Å². The third-order valence-electron chi connectivity index (χ3n) is 4.24. The Morgan fingerprint density at radius 1 is 1.07 bits per heavy atom. The van der Waals surface area contributed by atoms with E-state index >= 15 is 0 Å². The second kappa shape index (κ2) is 8.08. The summed E-state index contributed by atoms with van der Waals surface area (Å²) >= 11 is 0. The minimum Gasteiger partial charge on any atom is -0.494 e. The van der Waals surface area contributed by atoms with E-state index in [1.165, 1.54) is 0 Å². The zero-order valence-electron chi connectivity index (χ0n) is 16.1. The number of aromatic nitrogens is 1. The average Bonchev–Trinajstić information content (AvgIpc) is 2.64. The number of hydrogen-bond donors (Lipinski definition) is 1. The highest BCUT2D eigenvalue weighted by Crippen LogP contribution is 2.32. The molecule has 1 heterocycles. The number of carbonyl (C=O) groups is 1. The number of nitrogens with zero attached hydrogens (tertiary/aromatic N) is 1. The third-order valence-corrected chi connectivity index (χ3v) is 4.24. The lowest BCUT2D eigenvalue weighted by Crippen LogP contribution is -2.09. The molecule has 0 fully saturated rings. The molecule has 5 nitrogen and oxygen atoms in total. The van der Waals surface area contributed by atoms with E-state index in [9.17, 15) is 4.79 Å². The van der Waals surface area contributed by atoms with Crippen molar-refractivity contribution in [2.45, 2.75) is 27.7 Å². The van der Waals surface area contributed by atoms with Gasteiger partial charge >= 0.3 is 5.97 Å². The number of aryl methyl sites for hydroxylation is 2. The average molecular weight is 364 g/mol. The summed E-state index contributed by atoms with van der Waals surface area (Å²) in [6, 6.07) is 11.8. The topological polar surface area (TPSA) is 60.5 Å². The van der Waals surface area contributed by atoms with Crippen LogP contribution in [-0.4, -0.2) is 24.2 Å². The summed E-state index contributed by atoms with van der Waals surface area (Å²) in [4.78, 5) is 17.0. The molecule has 27 heavy (non-hydrogen) atoms. The van der Waals surface area contributed by atoms with Crippen molar-refractivity contribution in [3.63, 3.8) is 0 Å². The molecule has 3 aromatic rings. The Labute approximate surface area is 159 Å². The van der Waals surface area contributed by atoms with Crippen LogP contribution in [0.3, 0.4) is 0 Å². The third kappa shape index (κ3) is 4.03. The smallest absolute Gasteiger partial charge is 0.341 e. The summed E-state index contributed by atoms with van der Waals surface area (Å²) < 4.78 is 10.7. The molecule has 1 N–H and O–H groups in total. The van der Waals surface area contributed by atoms with Gasteiger partial charge in [0.25, 0.3) is 0 Å². The Morgan fingerprint density at radius 2 is 1.81 bits per heavy atom. The fourth-order valence-electron chi connectivity index (χ4n) is 3.10. The van der Waals surface area contributed by atoms with Gasteiger partial charge in [-0.25, -0.2) is 4.79 Å². The van der Waals surface area contributed by atoms with E-state index in [-0.39, 0.29) is 5.97 Å². The van der Waals surface area contributed by atoms with Crippen LogP contribution in [0.2, 0.25) is 0 Å². The Kier molecular flexibility index (Phi) is 5.60. The molecule has 0 aliphatic carbocycles. The quantitative estimate of drug-likeness (QED) is 0.611. The zero-order valence-corrected chi connectivity index (χ0v) is 16.1. The van der Waals surface area contributed by atoms with Crippen LogP contribution in [0, 0.1) is 13.8 Å². The summed E-state index contributed by atoms with van der Waals surface area (Å²) in [6.07, 6.45) is 1.58. The maximum Gasteiger partial charge on any atom is 0.341 e. The predicted molar refractivity (Wildman–Crippen MR) is 108 cm³/mol. The summed E-state index contributed by atoms with van der Waals surface area (Å²) in [5.41, 5.74) is 5.02. The Hall–Kier alpha value is -3.08. The molecule has 0 aliphatic rings. The molecule has 1 aromatic heterocycles. The second-order valence-electron chi connectivity index (χ2n) is 6.33. The van der Waals surface area contributed by atoms with Crippen LogP contribution in [0.1, 0.15) is 35.3 Å². The normalized spacial score (nSPS) is 10.7. The summed E-state index contributed by atoms with van der Waals surface area (Å²) in [5, 5.41) is 4.28. The van der Waals surface area contributed by atoms with Crippen LogP contribution in [0.4, 0.5) is 11.4 Å². The maximum absolute atomic E-state index is 12.5. The van der Waals surface area contributed by atoms with Crippen molar-refractivity contribution >= 4 is 28.2 Å². The van der Waals surface area contributed by atoms with Crippen LogP contribution in [0.5, 0.6) is 5.75 Å². The first kappa shape index (κ1) is 18.7. The molecule has 0 saturated heterocycles. The Morgan fingerprint density at radius 3 is 2.48 bits per heavy atom. The number of rotatable bonds is 6. The highest BCUT2D eigenvalue weighted by Gasteiger charge is 2.18. The van der Waals surface area contributed by atoms with Gasteiger partial charge in [0.05, 0.1) is 24.4 Å². The van der Waals surface area contributed by atoms with Crippen LogP contribution < -0.4 is 10.1 Å². The van der Waals surface area contributed by atoms with E-state index < -0.39 is 0 Å². The van der Waals surface area contributed by atoms with Crippen molar-refractivity contribution in [1.82, 2.24) is 4.98 Å². The molecule has 0 atom stereocenters. The molecule has 0 bridgehead atoms. The number of fused-ring (bicyclic) bond motifs is 1. The molecule has 3 rings (SSSR count). The summed E-state index contributed by atoms with van der Waals surface area (Å²) in [6.45, 7) is 8.72. The number of pyridine rings is 1. The van der Waals surface area contributed by atoms with Crippen LogP contribution >= 0.6 is 0 Å². The van der Waals surface area contributed by atoms with E-state index in [4.69, 9.17) is 9.47 Å². The molecule has 5 heteroatoms. The van der Waals surface area contributed by atoms with Crippen molar-refractivity contribution in [1.29, 1.82) is 0 Å². The summed E-state index contributed by atoms with van der Waals surface area (Å²) in [5.74, 6) is 0.416. The van der Waals surface area contributed by atoms with E-state index in [2.05, 4.69) is 16.4 Å².